The van der Waals surface area contributed by atoms with Crippen molar-refractivity contribution < 1.29 is 14.2 Å². The Morgan fingerprint density at radius 3 is 2.89 bits per heavy atom. The molecule has 0 bridgehead atoms. The number of hydrogen-bond acceptors (Lipinski definition) is 5. The average Bonchev–Trinajstić information content (AvgIpc) is 2.47. The zero-order valence-corrected chi connectivity index (χ0v) is 11.6. The van der Waals surface area contributed by atoms with Gasteiger partial charge in [-0.05, 0) is 18.2 Å². The van der Waals surface area contributed by atoms with Crippen molar-refractivity contribution >= 4 is 0 Å². The highest BCUT2D eigenvalue weighted by Gasteiger charge is 2.22. The van der Waals surface area contributed by atoms with E-state index in [1.54, 1.807) is 14.2 Å². The molecule has 5 heteroatoms. The van der Waals surface area contributed by atoms with E-state index in [9.17, 15) is 0 Å². The van der Waals surface area contributed by atoms with Gasteiger partial charge in [-0.25, -0.2) is 0 Å². The van der Waals surface area contributed by atoms with E-state index < -0.39 is 0 Å². The van der Waals surface area contributed by atoms with Gasteiger partial charge in [-0.1, -0.05) is 0 Å². The highest BCUT2D eigenvalue weighted by atomic mass is 16.5. The molecule has 0 spiro atoms. The highest BCUT2D eigenvalue weighted by molar-refractivity contribution is 5.40. The van der Waals surface area contributed by atoms with Gasteiger partial charge in [0.2, 0.25) is 0 Å². The SMILES string of the molecule is COc1ccc(OC)c(CN2CCOCC2CN)c1. The molecule has 1 atom stereocenters. The summed E-state index contributed by atoms with van der Waals surface area (Å²) in [5.74, 6) is 1.72. The van der Waals surface area contributed by atoms with E-state index >= 15 is 0 Å². The number of methoxy groups -OCH3 is 2. The molecule has 1 unspecified atom stereocenters. The van der Waals surface area contributed by atoms with Crippen LogP contribution < -0.4 is 15.2 Å². The molecule has 19 heavy (non-hydrogen) atoms. The predicted molar refractivity (Wildman–Crippen MR) is 73.6 cm³/mol. The predicted octanol–water partition coefficient (Wildman–Crippen LogP) is 0.863. The topological polar surface area (TPSA) is 57.0 Å². The number of rotatable bonds is 5. The molecule has 2 rings (SSSR count). The molecule has 0 aromatic heterocycles. The maximum atomic E-state index is 5.80. The van der Waals surface area contributed by atoms with E-state index in [4.69, 9.17) is 19.9 Å². The van der Waals surface area contributed by atoms with Crippen LogP contribution in [0, 0.1) is 0 Å². The minimum Gasteiger partial charge on any atom is -0.497 e. The van der Waals surface area contributed by atoms with Crippen LogP contribution >= 0.6 is 0 Å². The zero-order valence-electron chi connectivity index (χ0n) is 11.6. The van der Waals surface area contributed by atoms with E-state index in [0.717, 1.165) is 36.8 Å². The second-order valence-corrected chi connectivity index (χ2v) is 4.61. The molecule has 1 heterocycles. The van der Waals surface area contributed by atoms with Crippen LogP contribution in [0.2, 0.25) is 0 Å². The number of nitrogens with two attached hydrogens (primary N) is 1. The van der Waals surface area contributed by atoms with Crippen molar-refractivity contribution in [1.29, 1.82) is 0 Å². The molecular weight excluding hydrogens is 244 g/mol. The Balaban J connectivity index is 2.16. The maximum Gasteiger partial charge on any atom is 0.123 e. The van der Waals surface area contributed by atoms with E-state index in [2.05, 4.69) is 4.90 Å². The highest BCUT2D eigenvalue weighted by Crippen LogP contribution is 2.26. The maximum absolute atomic E-state index is 5.80. The number of nitrogens with zero attached hydrogens (tertiary/aromatic N) is 1. The third-order valence-corrected chi connectivity index (χ3v) is 3.48. The molecule has 2 N–H and O–H groups in total. The average molecular weight is 266 g/mol. The molecule has 1 fully saturated rings. The smallest absolute Gasteiger partial charge is 0.123 e. The standard InChI is InChI=1S/C14H22N2O3/c1-17-13-3-4-14(18-2)11(7-13)9-16-5-6-19-10-12(16)8-15/h3-4,7,12H,5-6,8-10,15H2,1-2H3. The Kier molecular flexibility index (Phi) is 5.01. The van der Waals surface area contributed by atoms with Gasteiger partial charge in [-0.15, -0.1) is 0 Å². The summed E-state index contributed by atoms with van der Waals surface area (Å²) in [5.41, 5.74) is 6.91. The van der Waals surface area contributed by atoms with Crippen LogP contribution in [0.3, 0.4) is 0 Å². The monoisotopic (exact) mass is 266 g/mol. The molecule has 1 aromatic rings. The van der Waals surface area contributed by atoms with Gasteiger partial charge in [-0.2, -0.15) is 0 Å². The van der Waals surface area contributed by atoms with Crippen molar-refractivity contribution in [2.24, 2.45) is 5.73 Å². The van der Waals surface area contributed by atoms with Gasteiger partial charge in [0, 0.05) is 31.2 Å². The summed E-state index contributed by atoms with van der Waals surface area (Å²) >= 11 is 0. The summed E-state index contributed by atoms with van der Waals surface area (Å²) in [6.45, 7) is 3.74. The molecule has 1 aromatic carbocycles. The van der Waals surface area contributed by atoms with E-state index in [1.165, 1.54) is 0 Å². The second kappa shape index (κ2) is 6.75. The number of benzene rings is 1. The quantitative estimate of drug-likeness (QED) is 0.857. The van der Waals surface area contributed by atoms with Gasteiger partial charge >= 0.3 is 0 Å². The second-order valence-electron chi connectivity index (χ2n) is 4.61. The molecule has 5 nitrogen and oxygen atoms in total. The minimum absolute atomic E-state index is 0.268. The molecule has 106 valence electrons. The third-order valence-electron chi connectivity index (χ3n) is 3.48. The number of ether oxygens (including phenoxy) is 3. The van der Waals surface area contributed by atoms with E-state index in [-0.39, 0.29) is 6.04 Å². The van der Waals surface area contributed by atoms with Crippen LogP contribution in [0.25, 0.3) is 0 Å². The molecule has 1 saturated heterocycles. The van der Waals surface area contributed by atoms with Crippen molar-refractivity contribution in [2.75, 3.05) is 40.5 Å². The lowest BCUT2D eigenvalue weighted by molar-refractivity contribution is -0.00821. The molecule has 0 amide bonds. The summed E-state index contributed by atoms with van der Waals surface area (Å²) in [4.78, 5) is 2.33. The van der Waals surface area contributed by atoms with Crippen molar-refractivity contribution in [3.63, 3.8) is 0 Å². The van der Waals surface area contributed by atoms with Gasteiger partial charge < -0.3 is 19.9 Å². The first kappa shape index (κ1) is 14.1. The van der Waals surface area contributed by atoms with Crippen LogP contribution in [0.5, 0.6) is 11.5 Å². The molecular formula is C14H22N2O3. The zero-order chi connectivity index (χ0) is 13.7. The molecule has 1 aliphatic rings. The van der Waals surface area contributed by atoms with Crippen LogP contribution in [0.4, 0.5) is 0 Å². The lowest BCUT2D eigenvalue weighted by Gasteiger charge is -2.35. The number of morpholine rings is 1. The summed E-state index contributed by atoms with van der Waals surface area (Å²) in [5, 5.41) is 0. The van der Waals surface area contributed by atoms with Crippen molar-refractivity contribution in [3.05, 3.63) is 23.8 Å². The van der Waals surface area contributed by atoms with Crippen LogP contribution in [0.1, 0.15) is 5.56 Å². The lowest BCUT2D eigenvalue weighted by Crippen LogP contribution is -2.48. The van der Waals surface area contributed by atoms with Crippen molar-refractivity contribution in [1.82, 2.24) is 4.90 Å². The van der Waals surface area contributed by atoms with Crippen LogP contribution in [-0.2, 0) is 11.3 Å². The first-order valence-electron chi connectivity index (χ1n) is 6.51. The third kappa shape index (κ3) is 3.37. The Hall–Kier alpha value is -1.30. The molecule has 0 aliphatic carbocycles. The fourth-order valence-corrected chi connectivity index (χ4v) is 2.34. The Bertz CT molecular complexity index is 412. The molecule has 0 radical (unpaired) electrons. The van der Waals surface area contributed by atoms with Gasteiger partial charge in [-0.3, -0.25) is 4.90 Å². The minimum atomic E-state index is 0.268. The van der Waals surface area contributed by atoms with Gasteiger partial charge in [0.25, 0.3) is 0 Å². The Labute approximate surface area is 114 Å². The van der Waals surface area contributed by atoms with Crippen molar-refractivity contribution in [2.45, 2.75) is 12.6 Å². The van der Waals surface area contributed by atoms with Gasteiger partial charge in [0.05, 0.1) is 27.4 Å². The summed E-state index contributed by atoms with van der Waals surface area (Å²) in [6, 6.07) is 6.13. The fraction of sp³-hybridized carbons (Fsp3) is 0.571. The molecule has 0 saturated carbocycles. The Morgan fingerprint density at radius 2 is 2.21 bits per heavy atom. The first-order valence-corrected chi connectivity index (χ1v) is 6.51. The fourth-order valence-electron chi connectivity index (χ4n) is 2.34. The van der Waals surface area contributed by atoms with Gasteiger partial charge in [0.1, 0.15) is 11.5 Å². The summed E-state index contributed by atoms with van der Waals surface area (Å²) in [6.07, 6.45) is 0. The lowest BCUT2D eigenvalue weighted by atomic mass is 10.1. The summed E-state index contributed by atoms with van der Waals surface area (Å²) < 4.78 is 16.1. The van der Waals surface area contributed by atoms with Crippen molar-refractivity contribution in [3.8, 4) is 11.5 Å². The Morgan fingerprint density at radius 1 is 1.37 bits per heavy atom. The van der Waals surface area contributed by atoms with Crippen LogP contribution in [-0.4, -0.2) is 51.5 Å². The van der Waals surface area contributed by atoms with E-state index in [1.807, 2.05) is 18.2 Å². The van der Waals surface area contributed by atoms with Gasteiger partial charge in [0.15, 0.2) is 0 Å². The normalized spacial score (nSPS) is 20.3. The largest absolute Gasteiger partial charge is 0.497 e. The first-order chi connectivity index (χ1) is 9.28. The summed E-state index contributed by atoms with van der Waals surface area (Å²) in [7, 11) is 3.36. The number of hydrogen-bond donors (Lipinski definition) is 1. The van der Waals surface area contributed by atoms with Crippen LogP contribution in [0.15, 0.2) is 18.2 Å². The molecule has 1 aliphatic heterocycles. The van der Waals surface area contributed by atoms with E-state index in [0.29, 0.717) is 13.2 Å².